The van der Waals surface area contributed by atoms with Gasteiger partial charge in [0.25, 0.3) is 0 Å². The van der Waals surface area contributed by atoms with E-state index in [4.69, 9.17) is 9.97 Å². The number of halogens is 1. The average molecular weight is 523 g/mol. The normalized spacial score (nSPS) is 12.2. The lowest BCUT2D eigenvalue weighted by Crippen LogP contribution is -2.18. The molecule has 4 aromatic rings. The van der Waals surface area contributed by atoms with Crippen LogP contribution >= 0.6 is 33.9 Å². The molecule has 1 aliphatic carbocycles. The number of aromatic nitrogens is 2. The summed E-state index contributed by atoms with van der Waals surface area (Å²) in [7, 11) is 0. The number of carbonyl (C=O) groups is 1. The van der Waals surface area contributed by atoms with Crippen molar-refractivity contribution in [2.24, 2.45) is 0 Å². The third-order valence-electron chi connectivity index (χ3n) is 5.16. The molecule has 0 saturated heterocycles. The second-order valence-electron chi connectivity index (χ2n) is 7.20. The van der Waals surface area contributed by atoms with Crippen molar-refractivity contribution >= 4 is 45.7 Å². The number of hydrogen-bond donors (Lipinski definition) is 1. The number of hydrogen-bond acceptors (Lipinski definition) is 4. The summed E-state index contributed by atoms with van der Waals surface area (Å²) in [5.41, 5.74) is 6.02. The standard InChI is InChI=1S/C24H18IN3OS/c25-17-10-7-15(8-11-17)14-21(29)27-24-23(20-6-3-13-30-20)28-22-18-5-2-1-4-16(18)9-12-19(22)26-24/h1-8,10-11,13H,9,12,14H2,(H,26,27,29). The molecule has 1 aliphatic rings. The number of amides is 1. The van der Waals surface area contributed by atoms with Gasteiger partial charge < -0.3 is 5.32 Å². The molecule has 5 rings (SSSR count). The molecule has 0 fully saturated rings. The topological polar surface area (TPSA) is 54.9 Å². The van der Waals surface area contributed by atoms with Gasteiger partial charge in [0.1, 0.15) is 5.69 Å². The number of aryl methyl sites for hydroxylation is 2. The van der Waals surface area contributed by atoms with Gasteiger partial charge in [-0.1, -0.05) is 42.5 Å². The van der Waals surface area contributed by atoms with E-state index in [0.29, 0.717) is 12.2 Å². The van der Waals surface area contributed by atoms with Gasteiger partial charge in [0, 0.05) is 9.13 Å². The Morgan fingerprint density at radius 3 is 2.60 bits per heavy atom. The zero-order chi connectivity index (χ0) is 20.5. The Labute approximate surface area is 192 Å². The van der Waals surface area contributed by atoms with E-state index in [1.807, 2.05) is 47.8 Å². The van der Waals surface area contributed by atoms with Crippen molar-refractivity contribution in [3.8, 4) is 21.8 Å². The van der Waals surface area contributed by atoms with Crippen LogP contribution in [0.5, 0.6) is 0 Å². The van der Waals surface area contributed by atoms with Crippen molar-refractivity contribution in [1.29, 1.82) is 0 Å². The molecule has 0 atom stereocenters. The summed E-state index contributed by atoms with van der Waals surface area (Å²) >= 11 is 3.86. The predicted octanol–water partition coefficient (Wildman–Crippen LogP) is 5.76. The molecule has 0 spiro atoms. The maximum atomic E-state index is 12.8. The monoisotopic (exact) mass is 523 g/mol. The van der Waals surface area contributed by atoms with Crippen LogP contribution < -0.4 is 5.32 Å². The maximum absolute atomic E-state index is 12.8. The minimum Gasteiger partial charge on any atom is -0.309 e. The molecule has 1 amide bonds. The minimum atomic E-state index is -0.0838. The highest BCUT2D eigenvalue weighted by Gasteiger charge is 2.23. The van der Waals surface area contributed by atoms with Gasteiger partial charge >= 0.3 is 0 Å². The number of thiophene rings is 1. The molecule has 148 valence electrons. The van der Waals surface area contributed by atoms with E-state index in [9.17, 15) is 4.79 Å². The maximum Gasteiger partial charge on any atom is 0.230 e. The highest BCUT2D eigenvalue weighted by Crippen LogP contribution is 2.36. The summed E-state index contributed by atoms with van der Waals surface area (Å²) in [6.07, 6.45) is 2.07. The first-order valence-electron chi connectivity index (χ1n) is 9.75. The van der Waals surface area contributed by atoms with Gasteiger partial charge in [-0.05, 0) is 70.1 Å². The van der Waals surface area contributed by atoms with Crippen molar-refractivity contribution in [1.82, 2.24) is 9.97 Å². The fourth-order valence-corrected chi connectivity index (χ4v) is 4.79. The Balaban J connectivity index is 1.52. The lowest BCUT2D eigenvalue weighted by Gasteiger charge is -2.20. The van der Waals surface area contributed by atoms with Crippen LogP contribution in [0.15, 0.2) is 66.0 Å². The molecule has 6 heteroatoms. The highest BCUT2D eigenvalue weighted by molar-refractivity contribution is 14.1. The van der Waals surface area contributed by atoms with Crippen molar-refractivity contribution in [3.63, 3.8) is 0 Å². The second-order valence-corrected chi connectivity index (χ2v) is 9.40. The summed E-state index contributed by atoms with van der Waals surface area (Å²) in [5, 5.41) is 5.04. The Morgan fingerprint density at radius 2 is 1.80 bits per heavy atom. The Morgan fingerprint density at radius 1 is 0.967 bits per heavy atom. The summed E-state index contributed by atoms with van der Waals surface area (Å²) in [6.45, 7) is 0. The molecular formula is C24H18IN3OS. The molecule has 4 nitrogen and oxygen atoms in total. The second kappa shape index (κ2) is 8.28. The molecular weight excluding hydrogens is 505 g/mol. The zero-order valence-corrected chi connectivity index (χ0v) is 19.0. The molecule has 2 heterocycles. The Bertz CT molecular complexity index is 1220. The van der Waals surface area contributed by atoms with E-state index in [-0.39, 0.29) is 5.91 Å². The first kappa shape index (κ1) is 19.4. The molecule has 30 heavy (non-hydrogen) atoms. The van der Waals surface area contributed by atoms with E-state index in [1.54, 1.807) is 11.3 Å². The van der Waals surface area contributed by atoms with Crippen molar-refractivity contribution in [2.75, 3.05) is 5.32 Å². The Kier molecular flexibility index (Phi) is 5.35. The first-order chi connectivity index (χ1) is 14.7. The lowest BCUT2D eigenvalue weighted by atomic mass is 9.92. The van der Waals surface area contributed by atoms with E-state index >= 15 is 0 Å². The van der Waals surface area contributed by atoms with Crippen molar-refractivity contribution < 1.29 is 4.79 Å². The van der Waals surface area contributed by atoms with Gasteiger partial charge in [-0.15, -0.1) is 11.3 Å². The number of fused-ring (bicyclic) bond motifs is 3. The number of nitrogens with one attached hydrogen (secondary N) is 1. The first-order valence-corrected chi connectivity index (χ1v) is 11.7. The quantitative estimate of drug-likeness (QED) is 0.347. The fraction of sp³-hybridized carbons (Fsp3) is 0.125. The van der Waals surface area contributed by atoms with Crippen LogP contribution in [-0.2, 0) is 24.1 Å². The number of benzene rings is 2. The summed E-state index contributed by atoms with van der Waals surface area (Å²) in [5.74, 6) is 0.463. The van der Waals surface area contributed by atoms with E-state index in [0.717, 1.165) is 49.5 Å². The fourth-order valence-electron chi connectivity index (χ4n) is 3.72. The molecule has 0 aliphatic heterocycles. The smallest absolute Gasteiger partial charge is 0.230 e. The van der Waals surface area contributed by atoms with E-state index < -0.39 is 0 Å². The van der Waals surface area contributed by atoms with Crippen LogP contribution in [0.3, 0.4) is 0 Å². The van der Waals surface area contributed by atoms with Gasteiger partial charge in [-0.3, -0.25) is 4.79 Å². The van der Waals surface area contributed by atoms with Crippen LogP contribution in [-0.4, -0.2) is 15.9 Å². The van der Waals surface area contributed by atoms with Gasteiger partial charge in [0.2, 0.25) is 5.91 Å². The number of rotatable bonds is 4. The molecule has 0 unspecified atom stereocenters. The van der Waals surface area contributed by atoms with Gasteiger partial charge in [-0.2, -0.15) is 0 Å². The molecule has 0 bridgehead atoms. The van der Waals surface area contributed by atoms with Gasteiger partial charge in [-0.25, -0.2) is 9.97 Å². The summed E-state index contributed by atoms with van der Waals surface area (Å²) in [6, 6.07) is 20.4. The molecule has 0 radical (unpaired) electrons. The molecule has 0 saturated carbocycles. The highest BCUT2D eigenvalue weighted by atomic mass is 127. The minimum absolute atomic E-state index is 0.0838. The van der Waals surface area contributed by atoms with Crippen molar-refractivity contribution in [2.45, 2.75) is 19.3 Å². The summed E-state index contributed by atoms with van der Waals surface area (Å²) < 4.78 is 1.15. The SMILES string of the molecule is O=C(Cc1ccc(I)cc1)Nc1nc2c(nc1-c1cccs1)-c1ccccc1CC2. The number of carbonyl (C=O) groups excluding carboxylic acids is 1. The molecule has 1 N–H and O–H groups in total. The molecule has 2 aromatic heterocycles. The van der Waals surface area contributed by atoms with E-state index in [1.165, 1.54) is 5.56 Å². The number of anilines is 1. The third kappa shape index (κ3) is 3.89. The predicted molar refractivity (Wildman–Crippen MR) is 130 cm³/mol. The van der Waals surface area contributed by atoms with Gasteiger partial charge in [0.05, 0.1) is 22.7 Å². The van der Waals surface area contributed by atoms with Crippen LogP contribution in [0.25, 0.3) is 21.8 Å². The van der Waals surface area contributed by atoms with Crippen LogP contribution in [0, 0.1) is 3.57 Å². The lowest BCUT2D eigenvalue weighted by molar-refractivity contribution is -0.115. The number of nitrogens with zero attached hydrogens (tertiary/aromatic N) is 2. The largest absolute Gasteiger partial charge is 0.309 e. The van der Waals surface area contributed by atoms with Gasteiger partial charge in [0.15, 0.2) is 5.82 Å². The summed E-state index contributed by atoms with van der Waals surface area (Å²) in [4.78, 5) is 23.7. The van der Waals surface area contributed by atoms with Crippen molar-refractivity contribution in [3.05, 3.63) is 86.4 Å². The third-order valence-corrected chi connectivity index (χ3v) is 6.76. The van der Waals surface area contributed by atoms with E-state index in [2.05, 4.69) is 46.1 Å². The Hall–Kier alpha value is -2.58. The average Bonchev–Trinajstić information content (AvgIpc) is 3.29. The molecule has 2 aromatic carbocycles. The van der Waals surface area contributed by atoms with Crippen LogP contribution in [0.2, 0.25) is 0 Å². The zero-order valence-electron chi connectivity index (χ0n) is 16.1. The van der Waals surface area contributed by atoms with Crippen LogP contribution in [0.1, 0.15) is 16.8 Å². The van der Waals surface area contributed by atoms with Crippen LogP contribution in [0.4, 0.5) is 5.82 Å².